The van der Waals surface area contributed by atoms with Crippen LogP contribution in [-0.2, 0) is 11.3 Å². The fraction of sp³-hybridized carbons (Fsp3) is 0.400. The van der Waals surface area contributed by atoms with E-state index < -0.39 is 0 Å². The molecule has 29 heavy (non-hydrogen) atoms. The van der Waals surface area contributed by atoms with Crippen LogP contribution in [0.2, 0.25) is 0 Å². The molecular formula is C25H30N2O2. The van der Waals surface area contributed by atoms with Crippen molar-refractivity contribution >= 4 is 10.9 Å². The molecule has 2 heterocycles. The fourth-order valence-corrected chi connectivity index (χ4v) is 4.11. The van der Waals surface area contributed by atoms with Gasteiger partial charge in [-0.05, 0) is 81.1 Å². The maximum Gasteiger partial charge on any atom is 0.118 e. The molecule has 1 atom stereocenters. The first-order chi connectivity index (χ1) is 13.9. The predicted molar refractivity (Wildman–Crippen MR) is 118 cm³/mol. The van der Waals surface area contributed by atoms with Gasteiger partial charge in [-0.15, -0.1) is 0 Å². The molecule has 0 bridgehead atoms. The van der Waals surface area contributed by atoms with Crippen LogP contribution in [0.15, 0.2) is 48.5 Å². The smallest absolute Gasteiger partial charge is 0.118 e. The van der Waals surface area contributed by atoms with Crippen molar-refractivity contribution < 1.29 is 9.47 Å². The van der Waals surface area contributed by atoms with Crippen LogP contribution >= 0.6 is 0 Å². The number of methoxy groups -OCH3 is 1. The molecule has 4 nitrogen and oxygen atoms in total. The molecule has 1 aliphatic rings. The highest BCUT2D eigenvalue weighted by atomic mass is 16.5. The average molecular weight is 391 g/mol. The zero-order valence-electron chi connectivity index (χ0n) is 17.8. The highest BCUT2D eigenvalue weighted by molar-refractivity contribution is 5.84. The van der Waals surface area contributed by atoms with Gasteiger partial charge in [-0.2, -0.15) is 0 Å². The third-order valence-electron chi connectivity index (χ3n) is 5.69. The minimum Gasteiger partial charge on any atom is -0.497 e. The number of aryl methyl sites for hydroxylation is 1. The van der Waals surface area contributed by atoms with Gasteiger partial charge in [0.15, 0.2) is 0 Å². The summed E-state index contributed by atoms with van der Waals surface area (Å²) in [5.41, 5.74) is 5.56. The second-order valence-electron chi connectivity index (χ2n) is 8.60. The highest BCUT2D eigenvalue weighted by Crippen LogP contribution is 2.29. The highest BCUT2D eigenvalue weighted by Gasteiger charge is 2.28. The topological polar surface area (TPSA) is 43.4 Å². The van der Waals surface area contributed by atoms with Crippen molar-refractivity contribution in [3.05, 3.63) is 59.7 Å². The van der Waals surface area contributed by atoms with E-state index in [1.165, 1.54) is 16.5 Å². The summed E-state index contributed by atoms with van der Waals surface area (Å²) in [6.45, 7) is 8.05. The standard InChI is InChI=1S/C25H30N2O2/c1-17-5-6-19-14-20(16-26-21-11-12-29-25(2,3)15-21)24(27-23(19)13-17)18-7-9-22(28-4)10-8-18/h5-10,13-14,21,26H,11-12,15-16H2,1-4H3/t21-/m0/s1. The first-order valence-electron chi connectivity index (χ1n) is 10.4. The maximum atomic E-state index is 5.87. The van der Waals surface area contributed by atoms with E-state index in [-0.39, 0.29) is 5.60 Å². The lowest BCUT2D eigenvalue weighted by Gasteiger charge is -2.36. The quantitative estimate of drug-likeness (QED) is 0.645. The van der Waals surface area contributed by atoms with Gasteiger partial charge in [0.1, 0.15) is 5.75 Å². The molecule has 1 N–H and O–H groups in total. The van der Waals surface area contributed by atoms with Crippen LogP contribution in [-0.4, -0.2) is 30.3 Å². The van der Waals surface area contributed by atoms with Crippen LogP contribution in [0.25, 0.3) is 22.2 Å². The summed E-state index contributed by atoms with van der Waals surface area (Å²) < 4.78 is 11.2. The lowest BCUT2D eigenvalue weighted by molar-refractivity contribution is -0.0630. The fourth-order valence-electron chi connectivity index (χ4n) is 4.11. The van der Waals surface area contributed by atoms with E-state index in [9.17, 15) is 0 Å². The number of hydrogen-bond acceptors (Lipinski definition) is 4. The normalized spacial score (nSPS) is 18.7. The van der Waals surface area contributed by atoms with Gasteiger partial charge in [-0.1, -0.05) is 12.1 Å². The summed E-state index contributed by atoms with van der Waals surface area (Å²) in [6, 6.07) is 17.4. The Morgan fingerprint density at radius 3 is 2.66 bits per heavy atom. The van der Waals surface area contributed by atoms with Crippen LogP contribution in [0.4, 0.5) is 0 Å². The van der Waals surface area contributed by atoms with Gasteiger partial charge in [0.25, 0.3) is 0 Å². The van der Waals surface area contributed by atoms with Crippen LogP contribution < -0.4 is 10.1 Å². The number of nitrogens with zero attached hydrogens (tertiary/aromatic N) is 1. The third kappa shape index (κ3) is 4.60. The van der Waals surface area contributed by atoms with Crippen molar-refractivity contribution in [3.8, 4) is 17.0 Å². The SMILES string of the molecule is COc1ccc(-c2nc3cc(C)ccc3cc2CN[C@H]2CCOC(C)(C)C2)cc1. The van der Waals surface area contributed by atoms with Crippen molar-refractivity contribution in [2.24, 2.45) is 0 Å². The summed E-state index contributed by atoms with van der Waals surface area (Å²) in [5, 5.41) is 4.94. The molecule has 2 aromatic carbocycles. The summed E-state index contributed by atoms with van der Waals surface area (Å²) in [4.78, 5) is 5.05. The average Bonchev–Trinajstić information content (AvgIpc) is 2.71. The first kappa shape index (κ1) is 19.9. The van der Waals surface area contributed by atoms with E-state index in [1.807, 2.05) is 12.1 Å². The van der Waals surface area contributed by atoms with Gasteiger partial charge >= 0.3 is 0 Å². The van der Waals surface area contributed by atoms with Crippen molar-refractivity contribution in [3.63, 3.8) is 0 Å². The van der Waals surface area contributed by atoms with Gasteiger partial charge in [0.05, 0.1) is 23.9 Å². The molecule has 1 aliphatic heterocycles. The molecule has 0 amide bonds. The van der Waals surface area contributed by atoms with Crippen LogP contribution in [0, 0.1) is 6.92 Å². The molecular weight excluding hydrogens is 360 g/mol. The Labute approximate surface area is 173 Å². The Morgan fingerprint density at radius 1 is 1.14 bits per heavy atom. The van der Waals surface area contributed by atoms with E-state index in [1.54, 1.807) is 7.11 Å². The number of nitrogens with one attached hydrogen (secondary N) is 1. The number of ether oxygens (including phenoxy) is 2. The molecule has 1 aromatic heterocycles. The minimum absolute atomic E-state index is 0.0616. The summed E-state index contributed by atoms with van der Waals surface area (Å²) in [5.74, 6) is 0.856. The number of rotatable bonds is 5. The lowest BCUT2D eigenvalue weighted by atomic mass is 9.93. The van der Waals surface area contributed by atoms with E-state index in [0.717, 1.165) is 48.5 Å². The van der Waals surface area contributed by atoms with E-state index in [4.69, 9.17) is 14.5 Å². The monoisotopic (exact) mass is 390 g/mol. The van der Waals surface area contributed by atoms with E-state index in [2.05, 4.69) is 62.5 Å². The van der Waals surface area contributed by atoms with Crippen molar-refractivity contribution in [1.82, 2.24) is 10.3 Å². The molecule has 152 valence electrons. The molecule has 1 saturated heterocycles. The van der Waals surface area contributed by atoms with Crippen molar-refractivity contribution in [2.75, 3.05) is 13.7 Å². The molecule has 1 fully saturated rings. The maximum absolute atomic E-state index is 5.87. The van der Waals surface area contributed by atoms with Crippen molar-refractivity contribution in [2.45, 2.75) is 51.8 Å². The number of hydrogen-bond donors (Lipinski definition) is 1. The number of fused-ring (bicyclic) bond motifs is 1. The molecule has 0 radical (unpaired) electrons. The number of benzene rings is 2. The van der Waals surface area contributed by atoms with Crippen molar-refractivity contribution in [1.29, 1.82) is 0 Å². The van der Waals surface area contributed by atoms with Gasteiger partial charge in [0, 0.05) is 30.1 Å². The lowest BCUT2D eigenvalue weighted by Crippen LogP contribution is -2.43. The zero-order valence-corrected chi connectivity index (χ0v) is 17.8. The molecule has 0 spiro atoms. The van der Waals surface area contributed by atoms with E-state index in [0.29, 0.717) is 6.04 Å². The van der Waals surface area contributed by atoms with Crippen LogP contribution in [0.1, 0.15) is 37.8 Å². The molecule has 0 saturated carbocycles. The number of aromatic nitrogens is 1. The van der Waals surface area contributed by atoms with E-state index >= 15 is 0 Å². The van der Waals surface area contributed by atoms with Gasteiger partial charge in [-0.25, -0.2) is 4.98 Å². The molecule has 0 unspecified atom stereocenters. The molecule has 0 aliphatic carbocycles. The van der Waals surface area contributed by atoms with Gasteiger partial charge in [0.2, 0.25) is 0 Å². The Hall–Kier alpha value is -2.43. The summed E-state index contributed by atoms with van der Waals surface area (Å²) in [6.07, 6.45) is 2.06. The zero-order chi connectivity index (χ0) is 20.4. The predicted octanol–water partition coefficient (Wildman–Crippen LogP) is 5.27. The van der Waals surface area contributed by atoms with Crippen LogP contribution in [0.3, 0.4) is 0 Å². The third-order valence-corrected chi connectivity index (χ3v) is 5.69. The Balaban J connectivity index is 1.67. The first-order valence-corrected chi connectivity index (χ1v) is 10.4. The molecule has 4 heteroatoms. The molecule has 3 aromatic rings. The van der Waals surface area contributed by atoms with Crippen LogP contribution in [0.5, 0.6) is 5.75 Å². The number of pyridine rings is 1. The molecule has 4 rings (SSSR count). The minimum atomic E-state index is -0.0616. The van der Waals surface area contributed by atoms with Gasteiger partial charge < -0.3 is 14.8 Å². The second-order valence-corrected chi connectivity index (χ2v) is 8.60. The summed E-state index contributed by atoms with van der Waals surface area (Å²) >= 11 is 0. The Morgan fingerprint density at radius 2 is 1.93 bits per heavy atom. The second kappa shape index (κ2) is 8.13. The Kier molecular flexibility index (Phi) is 5.57. The largest absolute Gasteiger partial charge is 0.497 e. The van der Waals surface area contributed by atoms with Gasteiger partial charge in [-0.3, -0.25) is 0 Å². The Bertz CT molecular complexity index is 996. The summed E-state index contributed by atoms with van der Waals surface area (Å²) in [7, 11) is 1.69.